The lowest BCUT2D eigenvalue weighted by molar-refractivity contribution is 0.491. The highest BCUT2D eigenvalue weighted by molar-refractivity contribution is 9.10. The van der Waals surface area contributed by atoms with Gasteiger partial charge in [0.25, 0.3) is 0 Å². The summed E-state index contributed by atoms with van der Waals surface area (Å²) in [5.74, 6) is 0. The first-order chi connectivity index (χ1) is 9.29. The smallest absolute Gasteiger partial charge is 0.0404 e. The van der Waals surface area contributed by atoms with Crippen LogP contribution in [0.25, 0.3) is 0 Å². The molecule has 2 rings (SSSR count). The van der Waals surface area contributed by atoms with E-state index in [-0.39, 0.29) is 0 Å². The molecule has 0 bridgehead atoms. The fourth-order valence-corrected chi connectivity index (χ4v) is 3.72. The first-order valence-corrected chi connectivity index (χ1v) is 8.32. The summed E-state index contributed by atoms with van der Waals surface area (Å²) in [7, 11) is 0. The van der Waals surface area contributed by atoms with Crippen LogP contribution in [-0.2, 0) is 12.8 Å². The molecular formula is C15H19BrN2S. The van der Waals surface area contributed by atoms with E-state index >= 15 is 0 Å². The number of aryl methyl sites for hydroxylation is 1. The van der Waals surface area contributed by atoms with Gasteiger partial charge in [-0.05, 0) is 65.3 Å². The van der Waals surface area contributed by atoms with E-state index in [0.29, 0.717) is 6.04 Å². The van der Waals surface area contributed by atoms with Crippen LogP contribution in [0.5, 0.6) is 0 Å². The van der Waals surface area contributed by atoms with Crippen molar-refractivity contribution in [2.75, 3.05) is 6.54 Å². The number of hydrogen-bond acceptors (Lipinski definition) is 3. The lowest BCUT2D eigenvalue weighted by atomic mass is 10.1. The molecule has 19 heavy (non-hydrogen) atoms. The highest BCUT2D eigenvalue weighted by atomic mass is 79.9. The van der Waals surface area contributed by atoms with E-state index in [1.165, 1.54) is 15.0 Å². The molecule has 0 amide bonds. The number of rotatable bonds is 7. The molecular weight excluding hydrogens is 320 g/mol. The zero-order chi connectivity index (χ0) is 13.5. The van der Waals surface area contributed by atoms with Crippen molar-refractivity contribution in [3.8, 4) is 0 Å². The molecule has 2 aromatic rings. The van der Waals surface area contributed by atoms with Crippen molar-refractivity contribution in [2.45, 2.75) is 32.2 Å². The van der Waals surface area contributed by atoms with Crippen LogP contribution in [0.2, 0.25) is 0 Å². The number of hydrogen-bond donors (Lipinski definition) is 1. The van der Waals surface area contributed by atoms with Gasteiger partial charge in [-0.15, -0.1) is 11.3 Å². The predicted molar refractivity (Wildman–Crippen MR) is 85.7 cm³/mol. The van der Waals surface area contributed by atoms with Crippen molar-refractivity contribution in [3.63, 3.8) is 0 Å². The second-order valence-electron chi connectivity index (χ2n) is 4.51. The number of nitrogens with one attached hydrogen (secondary N) is 1. The quantitative estimate of drug-likeness (QED) is 0.823. The highest BCUT2D eigenvalue weighted by Gasteiger charge is 2.12. The third kappa shape index (κ3) is 4.71. The lowest BCUT2D eigenvalue weighted by Crippen LogP contribution is -2.31. The molecule has 0 fully saturated rings. The largest absolute Gasteiger partial charge is 0.314 e. The van der Waals surface area contributed by atoms with Crippen LogP contribution < -0.4 is 5.32 Å². The van der Waals surface area contributed by atoms with E-state index < -0.39 is 0 Å². The van der Waals surface area contributed by atoms with Crippen LogP contribution in [0.3, 0.4) is 0 Å². The topological polar surface area (TPSA) is 24.9 Å². The van der Waals surface area contributed by atoms with Gasteiger partial charge in [-0.2, -0.15) is 0 Å². The summed E-state index contributed by atoms with van der Waals surface area (Å²) in [5, 5.41) is 5.72. The molecule has 0 aliphatic carbocycles. The Morgan fingerprint density at radius 2 is 2.26 bits per heavy atom. The van der Waals surface area contributed by atoms with E-state index in [1.807, 2.05) is 23.6 Å². The Hall–Kier alpha value is -0.710. The fraction of sp³-hybridized carbons (Fsp3) is 0.400. The van der Waals surface area contributed by atoms with Crippen LogP contribution in [0, 0.1) is 0 Å². The van der Waals surface area contributed by atoms with E-state index in [1.54, 1.807) is 0 Å². The van der Waals surface area contributed by atoms with Gasteiger partial charge >= 0.3 is 0 Å². The molecule has 0 aliphatic heterocycles. The average Bonchev–Trinajstić information content (AvgIpc) is 2.83. The minimum Gasteiger partial charge on any atom is -0.314 e. The third-order valence-electron chi connectivity index (χ3n) is 3.09. The predicted octanol–water partition coefficient (Wildman–Crippen LogP) is 4.06. The molecule has 1 N–H and O–H groups in total. The van der Waals surface area contributed by atoms with Crippen LogP contribution in [0.1, 0.15) is 23.9 Å². The molecule has 0 saturated heterocycles. The number of likely N-dealkylation sites (N-methyl/N-ethyl adjacent to an activating group) is 1. The standard InChI is InChI=1S/C15H19BrN2S/c1-2-17-13(11-15-14(16)8-10-19-15)7-6-12-5-3-4-9-18-12/h3-5,8-10,13,17H,2,6-7,11H2,1H3. The van der Waals surface area contributed by atoms with Crippen molar-refractivity contribution in [3.05, 3.63) is 50.9 Å². The minimum absolute atomic E-state index is 0.516. The normalized spacial score (nSPS) is 12.5. The number of halogens is 1. The van der Waals surface area contributed by atoms with Gasteiger partial charge in [0.15, 0.2) is 0 Å². The molecule has 1 atom stereocenters. The molecule has 2 nitrogen and oxygen atoms in total. The minimum atomic E-state index is 0.516. The zero-order valence-electron chi connectivity index (χ0n) is 11.1. The van der Waals surface area contributed by atoms with Crippen LogP contribution in [0.4, 0.5) is 0 Å². The zero-order valence-corrected chi connectivity index (χ0v) is 13.5. The monoisotopic (exact) mass is 338 g/mol. The summed E-state index contributed by atoms with van der Waals surface area (Å²) < 4.78 is 1.23. The number of thiophene rings is 1. The molecule has 2 heterocycles. The SMILES string of the molecule is CCNC(CCc1ccccn1)Cc1sccc1Br. The fourth-order valence-electron chi connectivity index (χ4n) is 2.13. The first kappa shape index (κ1) is 14.7. The van der Waals surface area contributed by atoms with Gasteiger partial charge in [-0.3, -0.25) is 4.98 Å². The van der Waals surface area contributed by atoms with Crippen molar-refractivity contribution >= 4 is 27.3 Å². The molecule has 102 valence electrons. The van der Waals surface area contributed by atoms with Gasteiger partial charge in [0.05, 0.1) is 0 Å². The Balaban J connectivity index is 1.91. The van der Waals surface area contributed by atoms with E-state index in [9.17, 15) is 0 Å². The second kappa shape index (κ2) is 7.78. The van der Waals surface area contributed by atoms with Gasteiger partial charge < -0.3 is 5.32 Å². The maximum absolute atomic E-state index is 4.39. The molecule has 2 aromatic heterocycles. The molecule has 0 radical (unpaired) electrons. The Bertz CT molecular complexity index is 484. The Labute approximate surface area is 127 Å². The van der Waals surface area contributed by atoms with Crippen LogP contribution in [0.15, 0.2) is 40.3 Å². The van der Waals surface area contributed by atoms with Gasteiger partial charge in [0.2, 0.25) is 0 Å². The molecule has 0 aromatic carbocycles. The molecule has 4 heteroatoms. The Morgan fingerprint density at radius 3 is 2.89 bits per heavy atom. The van der Waals surface area contributed by atoms with Gasteiger partial charge in [0.1, 0.15) is 0 Å². The van der Waals surface area contributed by atoms with Gasteiger partial charge in [0, 0.05) is 27.3 Å². The van der Waals surface area contributed by atoms with Crippen molar-refractivity contribution in [1.82, 2.24) is 10.3 Å². The molecule has 1 unspecified atom stereocenters. The summed E-state index contributed by atoms with van der Waals surface area (Å²) >= 11 is 5.44. The molecule has 0 spiro atoms. The third-order valence-corrected chi connectivity index (χ3v) is 5.04. The van der Waals surface area contributed by atoms with E-state index in [4.69, 9.17) is 0 Å². The van der Waals surface area contributed by atoms with Crippen LogP contribution >= 0.6 is 27.3 Å². The maximum atomic E-state index is 4.39. The number of nitrogens with zero attached hydrogens (tertiary/aromatic N) is 1. The second-order valence-corrected chi connectivity index (χ2v) is 6.37. The van der Waals surface area contributed by atoms with Crippen molar-refractivity contribution in [2.24, 2.45) is 0 Å². The Kier molecular flexibility index (Phi) is 6.01. The summed E-state index contributed by atoms with van der Waals surface area (Å²) in [6.45, 7) is 3.17. The summed E-state index contributed by atoms with van der Waals surface area (Å²) in [5.41, 5.74) is 1.18. The van der Waals surface area contributed by atoms with Crippen LogP contribution in [-0.4, -0.2) is 17.6 Å². The summed E-state index contributed by atoms with van der Waals surface area (Å²) in [6, 6.07) is 8.77. The lowest BCUT2D eigenvalue weighted by Gasteiger charge is -2.17. The van der Waals surface area contributed by atoms with Crippen molar-refractivity contribution in [1.29, 1.82) is 0 Å². The summed E-state index contributed by atoms with van der Waals surface area (Å²) in [6.07, 6.45) is 5.10. The van der Waals surface area contributed by atoms with Gasteiger partial charge in [-0.1, -0.05) is 13.0 Å². The molecule has 0 saturated carbocycles. The van der Waals surface area contributed by atoms with Crippen molar-refractivity contribution < 1.29 is 0 Å². The van der Waals surface area contributed by atoms with E-state index in [2.05, 4.69) is 56.7 Å². The highest BCUT2D eigenvalue weighted by Crippen LogP contribution is 2.24. The van der Waals surface area contributed by atoms with E-state index in [0.717, 1.165) is 25.8 Å². The Morgan fingerprint density at radius 1 is 1.37 bits per heavy atom. The maximum Gasteiger partial charge on any atom is 0.0404 e. The van der Waals surface area contributed by atoms with Gasteiger partial charge in [-0.25, -0.2) is 0 Å². The molecule has 0 aliphatic rings. The first-order valence-electron chi connectivity index (χ1n) is 6.64. The summed E-state index contributed by atoms with van der Waals surface area (Å²) in [4.78, 5) is 5.81. The average molecular weight is 339 g/mol. The number of pyridine rings is 1. The number of aromatic nitrogens is 1.